The number of hydrogen-bond donors (Lipinski definition) is 1. The maximum atomic E-state index is 13.1. The van der Waals surface area contributed by atoms with Crippen molar-refractivity contribution in [3.63, 3.8) is 0 Å². The summed E-state index contributed by atoms with van der Waals surface area (Å²) in [6.45, 7) is 0.0616. The van der Waals surface area contributed by atoms with Crippen LogP contribution < -0.4 is 5.32 Å². The van der Waals surface area contributed by atoms with E-state index in [-0.39, 0.29) is 24.0 Å². The molecule has 6 nitrogen and oxygen atoms in total. The van der Waals surface area contributed by atoms with Gasteiger partial charge in [-0.1, -0.05) is 0 Å². The molecule has 0 fully saturated rings. The molecule has 1 aromatic heterocycles. The molecule has 1 N–H and O–H groups in total. The fourth-order valence-electron chi connectivity index (χ4n) is 2.33. The Kier molecular flexibility index (Phi) is 3.76. The molecule has 1 heterocycles. The molecule has 0 bridgehead atoms. The van der Waals surface area contributed by atoms with E-state index in [1.807, 2.05) is 0 Å². The zero-order valence-corrected chi connectivity index (χ0v) is 11.9. The largest absolute Gasteiger partial charge is 0.338 e. The van der Waals surface area contributed by atoms with Crippen LogP contribution >= 0.6 is 0 Å². The molecule has 116 valence electrons. The molecule has 0 aliphatic rings. The van der Waals surface area contributed by atoms with Gasteiger partial charge >= 0.3 is 0 Å². The van der Waals surface area contributed by atoms with Gasteiger partial charge in [0.2, 0.25) is 5.91 Å². The smallest absolute Gasteiger partial charge is 0.269 e. The zero-order valence-electron chi connectivity index (χ0n) is 11.9. The topological polar surface area (TPSA) is 77.2 Å². The van der Waals surface area contributed by atoms with Crippen LogP contribution in [0.5, 0.6) is 0 Å². The minimum atomic E-state index is -0.503. The molecule has 23 heavy (non-hydrogen) atoms. The summed E-state index contributed by atoms with van der Waals surface area (Å²) in [5.41, 5.74) is 1.19. The Morgan fingerprint density at radius 2 is 1.91 bits per heavy atom. The third-order valence-corrected chi connectivity index (χ3v) is 3.41. The van der Waals surface area contributed by atoms with E-state index < -0.39 is 4.92 Å². The van der Waals surface area contributed by atoms with Crippen LogP contribution in [0.25, 0.3) is 10.9 Å². The monoisotopic (exact) mass is 313 g/mol. The molecule has 7 heteroatoms. The SMILES string of the molecule is O=C(Cn1ccc2cc(F)ccc21)Nc1ccc([N+](=O)[O-])cc1. The first-order valence-electron chi connectivity index (χ1n) is 6.81. The van der Waals surface area contributed by atoms with Gasteiger partial charge in [-0.25, -0.2) is 4.39 Å². The number of anilines is 1. The molecular formula is C16H12FN3O3. The van der Waals surface area contributed by atoms with E-state index in [2.05, 4.69) is 5.32 Å². The van der Waals surface area contributed by atoms with Gasteiger partial charge in [0.1, 0.15) is 12.4 Å². The van der Waals surface area contributed by atoms with E-state index in [0.717, 1.165) is 5.52 Å². The number of halogens is 1. The molecule has 0 radical (unpaired) electrons. The van der Waals surface area contributed by atoms with Crippen molar-refractivity contribution in [2.24, 2.45) is 0 Å². The Bertz CT molecular complexity index is 887. The van der Waals surface area contributed by atoms with Gasteiger partial charge in [-0.05, 0) is 36.4 Å². The maximum absolute atomic E-state index is 13.1. The molecule has 0 aliphatic carbocycles. The van der Waals surface area contributed by atoms with Gasteiger partial charge in [-0.2, -0.15) is 0 Å². The minimum Gasteiger partial charge on any atom is -0.338 e. The molecule has 0 aliphatic heterocycles. The lowest BCUT2D eigenvalue weighted by Gasteiger charge is -2.07. The van der Waals surface area contributed by atoms with E-state index in [0.29, 0.717) is 11.1 Å². The summed E-state index contributed by atoms with van der Waals surface area (Å²) in [5.74, 6) is -0.605. The first-order chi connectivity index (χ1) is 11.0. The highest BCUT2D eigenvalue weighted by Gasteiger charge is 2.09. The Hall–Kier alpha value is -3.22. The third-order valence-electron chi connectivity index (χ3n) is 3.41. The Morgan fingerprint density at radius 1 is 1.17 bits per heavy atom. The number of non-ortho nitro benzene ring substituents is 1. The molecule has 0 atom stereocenters. The number of nitro benzene ring substituents is 1. The summed E-state index contributed by atoms with van der Waals surface area (Å²) < 4.78 is 14.9. The van der Waals surface area contributed by atoms with E-state index in [1.54, 1.807) is 22.9 Å². The van der Waals surface area contributed by atoms with E-state index in [1.165, 1.54) is 36.4 Å². The molecule has 0 saturated carbocycles. The summed E-state index contributed by atoms with van der Waals surface area (Å²) in [5, 5.41) is 14.0. The minimum absolute atomic E-state index is 0.0403. The Morgan fingerprint density at radius 3 is 2.61 bits per heavy atom. The van der Waals surface area contributed by atoms with Gasteiger partial charge in [-0.15, -0.1) is 0 Å². The normalized spacial score (nSPS) is 10.7. The van der Waals surface area contributed by atoms with Crippen LogP contribution in [0.1, 0.15) is 0 Å². The summed E-state index contributed by atoms with van der Waals surface area (Å²) in [6.07, 6.45) is 1.71. The molecule has 1 amide bonds. The number of aromatic nitrogens is 1. The van der Waals surface area contributed by atoms with Gasteiger partial charge in [0.05, 0.1) is 4.92 Å². The number of carbonyl (C=O) groups excluding carboxylic acids is 1. The summed E-state index contributed by atoms with van der Waals surface area (Å²) in [6, 6.07) is 11.7. The summed E-state index contributed by atoms with van der Waals surface area (Å²) >= 11 is 0. The number of amides is 1. The second kappa shape index (κ2) is 5.88. The van der Waals surface area contributed by atoms with Crippen LogP contribution in [0, 0.1) is 15.9 Å². The van der Waals surface area contributed by atoms with Crippen molar-refractivity contribution in [1.29, 1.82) is 0 Å². The van der Waals surface area contributed by atoms with Gasteiger partial charge in [-0.3, -0.25) is 14.9 Å². The van der Waals surface area contributed by atoms with Crippen molar-refractivity contribution in [3.8, 4) is 0 Å². The van der Waals surface area contributed by atoms with Crippen LogP contribution in [0.15, 0.2) is 54.7 Å². The number of fused-ring (bicyclic) bond motifs is 1. The lowest BCUT2D eigenvalue weighted by molar-refractivity contribution is -0.384. The zero-order chi connectivity index (χ0) is 16.4. The first-order valence-corrected chi connectivity index (χ1v) is 6.81. The van der Waals surface area contributed by atoms with Gasteiger partial charge in [0.25, 0.3) is 5.69 Å². The van der Waals surface area contributed by atoms with Gasteiger partial charge in [0, 0.05) is 34.9 Å². The van der Waals surface area contributed by atoms with Crippen molar-refractivity contribution in [2.75, 3.05) is 5.32 Å². The molecule has 3 rings (SSSR count). The Labute approximate surface area is 130 Å². The number of rotatable bonds is 4. The lowest BCUT2D eigenvalue weighted by atomic mass is 10.2. The number of nitro groups is 1. The van der Waals surface area contributed by atoms with Crippen LogP contribution in [0.2, 0.25) is 0 Å². The standard InChI is InChI=1S/C16H12FN3O3/c17-12-1-6-15-11(9-12)7-8-19(15)10-16(21)18-13-2-4-14(5-3-13)20(22)23/h1-9H,10H2,(H,18,21). The van der Waals surface area contributed by atoms with Gasteiger partial charge in [0.15, 0.2) is 0 Å². The van der Waals surface area contributed by atoms with Crippen LogP contribution in [-0.2, 0) is 11.3 Å². The highest BCUT2D eigenvalue weighted by molar-refractivity contribution is 5.92. The fourth-order valence-corrected chi connectivity index (χ4v) is 2.33. The maximum Gasteiger partial charge on any atom is 0.269 e. The second-order valence-electron chi connectivity index (χ2n) is 5.00. The quantitative estimate of drug-likeness (QED) is 0.593. The van der Waals surface area contributed by atoms with Crippen molar-refractivity contribution in [3.05, 3.63) is 70.7 Å². The second-order valence-corrected chi connectivity index (χ2v) is 5.00. The number of hydrogen-bond acceptors (Lipinski definition) is 3. The first kappa shape index (κ1) is 14.7. The van der Waals surface area contributed by atoms with Crippen LogP contribution in [-0.4, -0.2) is 15.4 Å². The average Bonchev–Trinajstić information content (AvgIpc) is 2.89. The number of carbonyl (C=O) groups is 1. The summed E-state index contributed by atoms with van der Waals surface area (Å²) in [7, 11) is 0. The third kappa shape index (κ3) is 3.18. The Balaban J connectivity index is 1.72. The van der Waals surface area contributed by atoms with Crippen LogP contribution in [0.4, 0.5) is 15.8 Å². The van der Waals surface area contributed by atoms with E-state index >= 15 is 0 Å². The van der Waals surface area contributed by atoms with Crippen molar-refractivity contribution >= 4 is 28.2 Å². The number of nitrogens with one attached hydrogen (secondary N) is 1. The molecule has 3 aromatic rings. The predicted molar refractivity (Wildman–Crippen MR) is 83.6 cm³/mol. The molecular weight excluding hydrogens is 301 g/mol. The highest BCUT2D eigenvalue weighted by Crippen LogP contribution is 2.18. The van der Waals surface area contributed by atoms with Crippen molar-refractivity contribution in [1.82, 2.24) is 4.57 Å². The van der Waals surface area contributed by atoms with Crippen LogP contribution in [0.3, 0.4) is 0 Å². The molecule has 0 saturated heterocycles. The average molecular weight is 313 g/mol. The fraction of sp³-hybridized carbons (Fsp3) is 0.0625. The summed E-state index contributed by atoms with van der Waals surface area (Å²) in [4.78, 5) is 22.1. The predicted octanol–water partition coefficient (Wildman–Crippen LogP) is 3.33. The lowest BCUT2D eigenvalue weighted by Crippen LogP contribution is -2.18. The van der Waals surface area contributed by atoms with Gasteiger partial charge < -0.3 is 9.88 Å². The van der Waals surface area contributed by atoms with E-state index in [9.17, 15) is 19.3 Å². The van der Waals surface area contributed by atoms with E-state index in [4.69, 9.17) is 0 Å². The number of benzene rings is 2. The van der Waals surface area contributed by atoms with Crippen molar-refractivity contribution in [2.45, 2.75) is 6.54 Å². The number of nitrogens with zero attached hydrogens (tertiary/aromatic N) is 2. The molecule has 0 unspecified atom stereocenters. The molecule has 2 aromatic carbocycles. The highest BCUT2D eigenvalue weighted by atomic mass is 19.1. The molecule has 0 spiro atoms. The van der Waals surface area contributed by atoms with Crippen molar-refractivity contribution < 1.29 is 14.1 Å².